The minimum absolute atomic E-state index is 0.137. The van der Waals surface area contributed by atoms with E-state index in [1.807, 2.05) is 0 Å². The second-order valence-electron chi connectivity index (χ2n) is 4.11. The first-order valence-corrected chi connectivity index (χ1v) is 5.61. The number of benzene rings is 1. The van der Waals surface area contributed by atoms with Crippen LogP contribution in [0, 0.1) is 5.82 Å². The molecule has 0 atom stereocenters. The molecule has 0 unspecified atom stereocenters. The van der Waals surface area contributed by atoms with Crippen molar-refractivity contribution in [1.82, 2.24) is 0 Å². The molecule has 16 heavy (non-hydrogen) atoms. The predicted molar refractivity (Wildman–Crippen MR) is 58.7 cm³/mol. The molecule has 0 bridgehead atoms. The van der Waals surface area contributed by atoms with Gasteiger partial charge < -0.3 is 10.2 Å². The van der Waals surface area contributed by atoms with Crippen LogP contribution in [0.2, 0.25) is 0 Å². The highest BCUT2D eigenvalue weighted by molar-refractivity contribution is 9.10. The molecule has 0 aliphatic heterocycles. The van der Waals surface area contributed by atoms with Crippen LogP contribution in [0.1, 0.15) is 18.4 Å². The highest BCUT2D eigenvalue weighted by atomic mass is 79.9. The lowest BCUT2D eigenvalue weighted by atomic mass is 9.63. The van der Waals surface area contributed by atoms with Gasteiger partial charge in [0, 0.05) is 4.47 Å². The third kappa shape index (κ3) is 1.74. The zero-order chi connectivity index (χ0) is 11.9. The van der Waals surface area contributed by atoms with Crippen LogP contribution in [-0.2, 0) is 10.2 Å². The van der Waals surface area contributed by atoms with Crippen molar-refractivity contribution in [2.75, 3.05) is 0 Å². The highest BCUT2D eigenvalue weighted by Crippen LogP contribution is 2.45. The molecule has 0 saturated heterocycles. The first kappa shape index (κ1) is 11.5. The molecule has 3 nitrogen and oxygen atoms in total. The lowest BCUT2D eigenvalue weighted by Crippen LogP contribution is -2.50. The number of hydrogen-bond donors (Lipinski definition) is 2. The molecule has 1 fully saturated rings. The van der Waals surface area contributed by atoms with E-state index in [-0.39, 0.29) is 12.8 Å². The van der Waals surface area contributed by atoms with Crippen molar-refractivity contribution in [1.29, 1.82) is 0 Å². The Balaban J connectivity index is 2.45. The number of aliphatic hydroxyl groups excluding tert-OH is 1. The van der Waals surface area contributed by atoms with Crippen LogP contribution in [0.15, 0.2) is 22.7 Å². The zero-order valence-corrected chi connectivity index (χ0v) is 9.87. The van der Waals surface area contributed by atoms with E-state index in [0.29, 0.717) is 10.0 Å². The third-order valence-corrected chi connectivity index (χ3v) is 3.45. The van der Waals surface area contributed by atoms with Crippen LogP contribution < -0.4 is 0 Å². The van der Waals surface area contributed by atoms with E-state index in [0.717, 1.165) is 0 Å². The molecule has 0 heterocycles. The van der Waals surface area contributed by atoms with Gasteiger partial charge in [0.05, 0.1) is 11.5 Å². The Morgan fingerprint density at radius 1 is 1.44 bits per heavy atom. The average Bonchev–Trinajstić information content (AvgIpc) is 2.10. The van der Waals surface area contributed by atoms with Crippen molar-refractivity contribution < 1.29 is 19.4 Å². The largest absolute Gasteiger partial charge is 0.481 e. The summed E-state index contributed by atoms with van der Waals surface area (Å²) in [5.41, 5.74) is -0.735. The van der Waals surface area contributed by atoms with Crippen LogP contribution in [0.5, 0.6) is 0 Å². The second-order valence-corrected chi connectivity index (χ2v) is 5.02. The van der Waals surface area contributed by atoms with Crippen LogP contribution >= 0.6 is 15.9 Å². The minimum atomic E-state index is -1.13. The Labute approximate surface area is 100 Å². The minimum Gasteiger partial charge on any atom is -0.481 e. The molecule has 1 aliphatic carbocycles. The smallest absolute Gasteiger partial charge is 0.314 e. The van der Waals surface area contributed by atoms with Gasteiger partial charge in [-0.05, 0) is 36.6 Å². The third-order valence-electron chi connectivity index (χ3n) is 2.99. The quantitative estimate of drug-likeness (QED) is 0.876. The van der Waals surface area contributed by atoms with Crippen molar-refractivity contribution in [3.05, 3.63) is 34.1 Å². The van der Waals surface area contributed by atoms with Crippen molar-refractivity contribution in [2.45, 2.75) is 24.4 Å². The first-order chi connectivity index (χ1) is 7.44. The van der Waals surface area contributed by atoms with E-state index in [4.69, 9.17) is 0 Å². The van der Waals surface area contributed by atoms with Gasteiger partial charge in [0.2, 0.25) is 0 Å². The maximum Gasteiger partial charge on any atom is 0.314 e. The summed E-state index contributed by atoms with van der Waals surface area (Å²) in [5.74, 6) is -1.50. The molecule has 0 radical (unpaired) electrons. The lowest BCUT2D eigenvalue weighted by Gasteiger charge is -2.42. The topological polar surface area (TPSA) is 57.5 Å². The number of aliphatic hydroxyl groups is 1. The molecule has 1 aromatic rings. The Morgan fingerprint density at radius 2 is 2.06 bits per heavy atom. The molecule has 86 valence electrons. The van der Waals surface area contributed by atoms with Gasteiger partial charge >= 0.3 is 5.97 Å². The summed E-state index contributed by atoms with van der Waals surface area (Å²) in [6.45, 7) is 0. The van der Waals surface area contributed by atoms with E-state index in [9.17, 15) is 19.4 Å². The maximum absolute atomic E-state index is 13.2. The van der Waals surface area contributed by atoms with Crippen molar-refractivity contribution >= 4 is 21.9 Å². The van der Waals surface area contributed by atoms with Crippen molar-refractivity contribution in [2.24, 2.45) is 0 Å². The van der Waals surface area contributed by atoms with E-state index in [1.54, 1.807) is 6.07 Å². The standard InChI is InChI=1S/C11H10BrFO3/c12-7-1-6(2-8(13)3-7)11(10(15)16)4-9(14)5-11/h1-3,9,14H,4-5H2,(H,15,16). The van der Waals surface area contributed by atoms with Crippen LogP contribution in [0.4, 0.5) is 4.39 Å². The summed E-state index contributed by atoms with van der Waals surface area (Å²) in [5, 5.41) is 18.5. The van der Waals surface area contributed by atoms with E-state index < -0.39 is 23.3 Å². The molecular weight excluding hydrogens is 279 g/mol. The number of carboxylic acids is 1. The van der Waals surface area contributed by atoms with E-state index >= 15 is 0 Å². The van der Waals surface area contributed by atoms with Gasteiger partial charge in [-0.2, -0.15) is 0 Å². The summed E-state index contributed by atoms with van der Waals surface area (Å²) in [7, 11) is 0. The predicted octanol–water partition coefficient (Wildman–Crippen LogP) is 2.07. The number of carboxylic acid groups (broad SMARTS) is 1. The normalized spacial score (nSPS) is 28.6. The monoisotopic (exact) mass is 288 g/mol. The molecule has 2 rings (SSSR count). The zero-order valence-electron chi connectivity index (χ0n) is 8.28. The van der Waals surface area contributed by atoms with E-state index in [1.165, 1.54) is 12.1 Å². The average molecular weight is 289 g/mol. The molecule has 1 aliphatic rings. The van der Waals surface area contributed by atoms with Crippen LogP contribution in [0.3, 0.4) is 0 Å². The fourth-order valence-corrected chi connectivity index (χ4v) is 2.57. The molecule has 2 N–H and O–H groups in total. The van der Waals surface area contributed by atoms with E-state index in [2.05, 4.69) is 15.9 Å². The summed E-state index contributed by atoms with van der Waals surface area (Å²) < 4.78 is 13.7. The fourth-order valence-electron chi connectivity index (χ4n) is 2.11. The molecule has 1 aromatic carbocycles. The number of carbonyl (C=O) groups is 1. The van der Waals surface area contributed by atoms with Gasteiger partial charge in [0.25, 0.3) is 0 Å². The SMILES string of the molecule is O=C(O)C1(c2cc(F)cc(Br)c2)CC(O)C1. The van der Waals surface area contributed by atoms with Gasteiger partial charge in [-0.25, -0.2) is 4.39 Å². The number of aliphatic carboxylic acids is 1. The first-order valence-electron chi connectivity index (χ1n) is 4.82. The molecule has 1 saturated carbocycles. The summed E-state index contributed by atoms with van der Waals surface area (Å²) in [6, 6.07) is 4.07. The molecule has 5 heteroatoms. The molecule has 0 amide bonds. The van der Waals surface area contributed by atoms with Crippen LogP contribution in [-0.4, -0.2) is 22.3 Å². The van der Waals surface area contributed by atoms with Gasteiger partial charge in [-0.15, -0.1) is 0 Å². The Kier molecular flexibility index (Phi) is 2.75. The van der Waals surface area contributed by atoms with Crippen molar-refractivity contribution in [3.8, 4) is 0 Å². The molecule has 0 spiro atoms. The van der Waals surface area contributed by atoms with Gasteiger partial charge in [-0.3, -0.25) is 4.79 Å². The summed E-state index contributed by atoms with van der Waals surface area (Å²) >= 11 is 3.13. The Bertz CT molecular complexity index is 421. The Morgan fingerprint density at radius 3 is 2.50 bits per heavy atom. The number of hydrogen-bond acceptors (Lipinski definition) is 2. The number of rotatable bonds is 2. The Hall–Kier alpha value is -0.940. The summed E-state index contributed by atoms with van der Waals surface area (Å²) in [4.78, 5) is 11.2. The second kappa shape index (κ2) is 3.82. The lowest BCUT2D eigenvalue weighted by molar-refractivity contribution is -0.152. The summed E-state index contributed by atoms with van der Waals surface area (Å²) in [6.07, 6.45) is -0.339. The highest BCUT2D eigenvalue weighted by Gasteiger charge is 2.51. The van der Waals surface area contributed by atoms with Gasteiger partial charge in [-0.1, -0.05) is 15.9 Å². The van der Waals surface area contributed by atoms with Crippen LogP contribution in [0.25, 0.3) is 0 Å². The van der Waals surface area contributed by atoms with Gasteiger partial charge in [0.15, 0.2) is 0 Å². The molecular formula is C11H10BrFO3. The number of halogens is 2. The fraction of sp³-hybridized carbons (Fsp3) is 0.364. The maximum atomic E-state index is 13.2. The molecule has 0 aromatic heterocycles. The van der Waals surface area contributed by atoms with Gasteiger partial charge in [0.1, 0.15) is 5.82 Å². The van der Waals surface area contributed by atoms with Crippen molar-refractivity contribution in [3.63, 3.8) is 0 Å².